The van der Waals surface area contributed by atoms with E-state index >= 15 is 0 Å². The zero-order valence-corrected chi connectivity index (χ0v) is 23.7. The third-order valence-corrected chi connectivity index (χ3v) is 11.7. The molecule has 30 heavy (non-hydrogen) atoms. The maximum absolute atomic E-state index is 13.6. The van der Waals surface area contributed by atoms with E-state index in [1.165, 1.54) is 0 Å². The maximum Gasteiger partial charge on any atom is 0.195 e. The highest BCUT2D eigenvalue weighted by molar-refractivity contribution is 14.1. The first-order valence-electron chi connectivity index (χ1n) is 10.9. The molecule has 0 radical (unpaired) electrons. The SMILES string of the molecule is C=C(C)CCC(=O)[C@]1(C)C[C@@H](O[Si](C)(C)C(C)(C)C)O[C@H](/C(=C(\C)I)C(C)C)C1=O. The normalized spacial score (nSPS) is 26.6. The highest BCUT2D eigenvalue weighted by atomic mass is 127. The Bertz CT molecular complexity index is 713. The summed E-state index contributed by atoms with van der Waals surface area (Å²) in [5, 5.41) is 0.00354. The van der Waals surface area contributed by atoms with Crippen LogP contribution in [0.5, 0.6) is 0 Å². The summed E-state index contributed by atoms with van der Waals surface area (Å²) in [6.45, 7) is 24.6. The largest absolute Gasteiger partial charge is 0.392 e. The summed E-state index contributed by atoms with van der Waals surface area (Å²) in [7, 11) is -2.15. The van der Waals surface area contributed by atoms with Crippen molar-refractivity contribution in [3.8, 4) is 0 Å². The molecule has 3 atom stereocenters. The topological polar surface area (TPSA) is 52.6 Å². The van der Waals surface area contributed by atoms with Crippen LogP contribution in [0, 0.1) is 11.3 Å². The van der Waals surface area contributed by atoms with E-state index in [0.717, 1.165) is 14.7 Å². The molecule has 0 aliphatic carbocycles. The van der Waals surface area contributed by atoms with E-state index in [2.05, 4.69) is 76.9 Å². The van der Waals surface area contributed by atoms with Crippen LogP contribution in [0.1, 0.15) is 74.7 Å². The van der Waals surface area contributed by atoms with Gasteiger partial charge in [0.1, 0.15) is 11.9 Å². The van der Waals surface area contributed by atoms with E-state index in [-0.39, 0.29) is 28.9 Å². The van der Waals surface area contributed by atoms with Gasteiger partial charge in [0.05, 0.1) is 5.41 Å². The van der Waals surface area contributed by atoms with Crippen LogP contribution in [-0.4, -0.2) is 32.3 Å². The third kappa shape index (κ3) is 6.36. The van der Waals surface area contributed by atoms with Gasteiger partial charge in [-0.25, -0.2) is 0 Å². The summed E-state index contributed by atoms with van der Waals surface area (Å²) in [4.78, 5) is 26.9. The quantitative estimate of drug-likeness (QED) is 0.142. The molecule has 1 aliphatic rings. The van der Waals surface area contributed by atoms with Crippen molar-refractivity contribution in [2.45, 2.75) is 105 Å². The van der Waals surface area contributed by atoms with Gasteiger partial charge in [-0.1, -0.05) is 40.2 Å². The molecule has 1 fully saturated rings. The number of rotatable bonds is 8. The predicted octanol–water partition coefficient (Wildman–Crippen LogP) is 6.99. The third-order valence-electron chi connectivity index (χ3n) is 6.57. The fraction of sp³-hybridized carbons (Fsp3) is 0.750. The average Bonchev–Trinajstić information content (AvgIpc) is 2.54. The monoisotopic (exact) mass is 548 g/mol. The lowest BCUT2D eigenvalue weighted by molar-refractivity contribution is -0.188. The lowest BCUT2D eigenvalue weighted by Gasteiger charge is -2.46. The summed E-state index contributed by atoms with van der Waals surface area (Å²) in [5.74, 6) is -0.0388. The first kappa shape index (κ1) is 27.7. The Labute approximate surface area is 198 Å². The minimum atomic E-state index is -2.15. The molecular formula is C24H41IO4Si. The molecule has 0 unspecified atom stereocenters. The van der Waals surface area contributed by atoms with E-state index in [1.54, 1.807) is 6.92 Å². The number of allylic oxidation sites excluding steroid dienone is 2. The summed E-state index contributed by atoms with van der Waals surface area (Å²) in [6.07, 6.45) is -0.128. The summed E-state index contributed by atoms with van der Waals surface area (Å²) in [6, 6.07) is 0. The Balaban J connectivity index is 3.41. The van der Waals surface area contributed by atoms with Crippen molar-refractivity contribution in [2.75, 3.05) is 0 Å². The van der Waals surface area contributed by atoms with Crippen molar-refractivity contribution in [1.82, 2.24) is 0 Å². The Morgan fingerprint density at radius 3 is 2.23 bits per heavy atom. The molecule has 4 nitrogen and oxygen atoms in total. The van der Waals surface area contributed by atoms with Crippen LogP contribution in [0.4, 0.5) is 0 Å². The lowest BCUT2D eigenvalue weighted by atomic mass is 9.71. The van der Waals surface area contributed by atoms with Gasteiger partial charge < -0.3 is 9.16 Å². The van der Waals surface area contributed by atoms with Gasteiger partial charge in [0.15, 0.2) is 20.4 Å². The highest BCUT2D eigenvalue weighted by Crippen LogP contribution is 2.44. The molecule has 0 saturated carbocycles. The molecule has 0 bridgehead atoms. The second-order valence-electron chi connectivity index (χ2n) is 10.7. The average molecular weight is 549 g/mol. The standard InChI is InChI=1S/C24H41IO4Si/c1-15(2)12-13-18(26)24(9)14-19(29-30(10,11)23(6,7)8)28-21(22(24)27)20(16(3)4)17(5)25/h16,19,21H,1,12-14H2,2-11H3/b20-17+/t19-,21-,24+/m1/s1. The Morgan fingerprint density at radius 1 is 1.30 bits per heavy atom. The molecule has 0 aromatic rings. The lowest BCUT2D eigenvalue weighted by Crippen LogP contribution is -2.56. The molecule has 172 valence electrons. The van der Waals surface area contributed by atoms with Crippen molar-refractivity contribution in [3.63, 3.8) is 0 Å². The van der Waals surface area contributed by atoms with Gasteiger partial charge in [-0.3, -0.25) is 9.59 Å². The summed E-state index contributed by atoms with van der Waals surface area (Å²) in [5.41, 5.74) is 0.781. The smallest absolute Gasteiger partial charge is 0.195 e. The Kier molecular flexibility index (Phi) is 9.32. The fourth-order valence-corrected chi connectivity index (χ4v) is 5.56. The van der Waals surface area contributed by atoms with Crippen LogP contribution in [0.15, 0.2) is 21.3 Å². The fourth-order valence-electron chi connectivity index (χ4n) is 3.51. The highest BCUT2D eigenvalue weighted by Gasteiger charge is 2.53. The molecule has 6 heteroatoms. The van der Waals surface area contributed by atoms with E-state index in [4.69, 9.17) is 9.16 Å². The Morgan fingerprint density at radius 2 is 1.83 bits per heavy atom. The van der Waals surface area contributed by atoms with Crippen molar-refractivity contribution in [1.29, 1.82) is 0 Å². The number of halogens is 1. The number of ether oxygens (including phenoxy) is 1. The first-order chi connectivity index (χ1) is 13.4. The van der Waals surface area contributed by atoms with Gasteiger partial charge in [0, 0.05) is 12.8 Å². The molecule has 0 aromatic heterocycles. The summed E-state index contributed by atoms with van der Waals surface area (Å²) >= 11 is 2.25. The molecule has 1 heterocycles. The zero-order chi connectivity index (χ0) is 23.7. The summed E-state index contributed by atoms with van der Waals surface area (Å²) < 4.78 is 13.9. The van der Waals surface area contributed by atoms with E-state index in [1.807, 2.05) is 13.8 Å². The van der Waals surface area contributed by atoms with Gasteiger partial charge in [-0.15, -0.1) is 6.58 Å². The minimum Gasteiger partial charge on any atom is -0.392 e. The van der Waals surface area contributed by atoms with Gasteiger partial charge in [0.2, 0.25) is 0 Å². The molecule has 0 amide bonds. The molecule has 1 saturated heterocycles. The van der Waals surface area contributed by atoms with Crippen molar-refractivity contribution in [3.05, 3.63) is 21.3 Å². The van der Waals surface area contributed by atoms with Crippen LogP contribution < -0.4 is 0 Å². The van der Waals surface area contributed by atoms with Crippen LogP contribution in [0.25, 0.3) is 0 Å². The van der Waals surface area contributed by atoms with Crippen molar-refractivity contribution < 1.29 is 18.8 Å². The van der Waals surface area contributed by atoms with E-state index < -0.39 is 26.1 Å². The minimum absolute atomic E-state index is 0.00354. The first-order valence-corrected chi connectivity index (χ1v) is 14.8. The van der Waals surface area contributed by atoms with Crippen LogP contribution >= 0.6 is 22.6 Å². The van der Waals surface area contributed by atoms with E-state index in [9.17, 15) is 9.59 Å². The molecule has 0 aromatic carbocycles. The van der Waals surface area contributed by atoms with Gasteiger partial charge >= 0.3 is 0 Å². The maximum atomic E-state index is 13.6. The number of hydrogen-bond donors (Lipinski definition) is 0. The number of ketones is 2. The van der Waals surface area contributed by atoms with Gasteiger partial charge in [0.25, 0.3) is 0 Å². The van der Waals surface area contributed by atoms with Crippen molar-refractivity contribution in [2.24, 2.45) is 11.3 Å². The number of hydrogen-bond acceptors (Lipinski definition) is 4. The zero-order valence-electron chi connectivity index (χ0n) is 20.6. The predicted molar refractivity (Wildman–Crippen MR) is 135 cm³/mol. The number of carbonyl (C=O) groups excluding carboxylic acids is 2. The van der Waals surface area contributed by atoms with Gasteiger partial charge in [-0.05, 0) is 83.0 Å². The van der Waals surface area contributed by atoms with E-state index in [0.29, 0.717) is 12.8 Å². The second-order valence-corrected chi connectivity index (χ2v) is 17.1. The van der Waals surface area contributed by atoms with Crippen molar-refractivity contribution >= 4 is 42.5 Å². The number of Topliss-reactive ketones (excluding diaryl/α,β-unsaturated/α-hetero) is 2. The second kappa shape index (κ2) is 10.1. The molecule has 1 aliphatic heterocycles. The van der Waals surface area contributed by atoms with Crippen LogP contribution in [-0.2, 0) is 18.8 Å². The Hall–Kier alpha value is -0.313. The van der Waals surface area contributed by atoms with Crippen LogP contribution in [0.3, 0.4) is 0 Å². The molecular weight excluding hydrogens is 507 g/mol. The van der Waals surface area contributed by atoms with Gasteiger partial charge in [-0.2, -0.15) is 0 Å². The number of carbonyl (C=O) groups is 2. The molecule has 0 N–H and O–H groups in total. The molecule has 1 rings (SSSR count). The van der Waals surface area contributed by atoms with Crippen LogP contribution in [0.2, 0.25) is 18.1 Å². The molecule has 0 spiro atoms.